The zero-order valence-corrected chi connectivity index (χ0v) is 10.1. The molecule has 0 heterocycles. The Morgan fingerprint density at radius 2 is 2.12 bits per heavy atom. The van der Waals surface area contributed by atoms with Gasteiger partial charge in [0.25, 0.3) is 0 Å². The largest absolute Gasteiger partial charge is 0.496 e. The minimum absolute atomic E-state index is 0.0645. The number of hydrogen-bond acceptors (Lipinski definition) is 3. The predicted molar refractivity (Wildman–Crippen MR) is 66.5 cm³/mol. The molecule has 0 spiro atoms. The summed E-state index contributed by atoms with van der Waals surface area (Å²) in [5.74, 6) is 0.898. The van der Waals surface area contributed by atoms with Gasteiger partial charge in [0.05, 0.1) is 13.7 Å². The van der Waals surface area contributed by atoms with E-state index in [1.165, 1.54) is 0 Å². The number of aliphatic hydroxyl groups is 1. The molecule has 0 amide bonds. The number of rotatable bonds is 5. The van der Waals surface area contributed by atoms with Crippen molar-refractivity contribution >= 4 is 6.08 Å². The summed E-state index contributed by atoms with van der Waals surface area (Å²) < 4.78 is 5.31. The molecule has 0 bridgehead atoms. The normalized spacial score (nSPS) is 11.3. The minimum Gasteiger partial charge on any atom is -0.496 e. The zero-order chi connectivity index (χ0) is 12.0. The molecule has 88 valence electrons. The monoisotopic (exact) mass is 221 g/mol. The lowest BCUT2D eigenvalue weighted by Crippen LogP contribution is -2.11. The van der Waals surface area contributed by atoms with Crippen molar-refractivity contribution in [2.75, 3.05) is 27.8 Å². The smallest absolute Gasteiger partial charge is 0.123 e. The third-order valence-electron chi connectivity index (χ3n) is 2.21. The van der Waals surface area contributed by atoms with E-state index in [0.29, 0.717) is 0 Å². The second-order valence-corrected chi connectivity index (χ2v) is 3.89. The molecule has 1 aromatic rings. The van der Waals surface area contributed by atoms with Crippen LogP contribution >= 0.6 is 0 Å². The van der Waals surface area contributed by atoms with Gasteiger partial charge >= 0.3 is 0 Å². The molecule has 0 unspecified atom stereocenters. The van der Waals surface area contributed by atoms with E-state index in [1.807, 2.05) is 32.3 Å². The van der Waals surface area contributed by atoms with Gasteiger partial charge < -0.3 is 14.7 Å². The van der Waals surface area contributed by atoms with E-state index in [2.05, 4.69) is 11.0 Å². The van der Waals surface area contributed by atoms with Crippen molar-refractivity contribution in [1.82, 2.24) is 4.90 Å². The summed E-state index contributed by atoms with van der Waals surface area (Å²) in [5.41, 5.74) is 2.22. The van der Waals surface area contributed by atoms with E-state index >= 15 is 0 Å². The van der Waals surface area contributed by atoms with Crippen LogP contribution in [0, 0.1) is 0 Å². The Balaban J connectivity index is 2.96. The molecule has 3 nitrogen and oxygen atoms in total. The summed E-state index contributed by atoms with van der Waals surface area (Å²) in [7, 11) is 5.73. The number of hydrogen-bond donors (Lipinski definition) is 1. The highest BCUT2D eigenvalue weighted by atomic mass is 16.5. The first-order valence-electron chi connectivity index (χ1n) is 5.26. The van der Waals surface area contributed by atoms with Crippen LogP contribution in [0.2, 0.25) is 0 Å². The Morgan fingerprint density at radius 1 is 1.38 bits per heavy atom. The molecular weight excluding hydrogens is 202 g/mol. The maximum atomic E-state index is 8.72. The predicted octanol–water partition coefficient (Wildman–Crippen LogP) is 1.76. The van der Waals surface area contributed by atoms with E-state index in [1.54, 1.807) is 13.2 Å². The second-order valence-electron chi connectivity index (χ2n) is 3.89. The molecular formula is C13H19NO2. The molecule has 16 heavy (non-hydrogen) atoms. The molecule has 1 rings (SSSR count). The maximum Gasteiger partial charge on any atom is 0.123 e. The lowest BCUT2D eigenvalue weighted by molar-refractivity contribution is 0.343. The Labute approximate surface area is 97.0 Å². The molecule has 1 aromatic carbocycles. The highest BCUT2D eigenvalue weighted by Crippen LogP contribution is 2.21. The van der Waals surface area contributed by atoms with Crippen molar-refractivity contribution in [3.8, 4) is 5.75 Å². The molecule has 0 fully saturated rings. The van der Waals surface area contributed by atoms with Gasteiger partial charge in [-0.1, -0.05) is 18.2 Å². The van der Waals surface area contributed by atoms with Crippen molar-refractivity contribution < 1.29 is 9.84 Å². The molecule has 0 atom stereocenters. The Kier molecular flexibility index (Phi) is 5.02. The number of aliphatic hydroxyl groups excluding tert-OH is 1. The fraction of sp³-hybridized carbons (Fsp3) is 0.385. The Morgan fingerprint density at radius 3 is 2.69 bits per heavy atom. The van der Waals surface area contributed by atoms with Crippen LogP contribution in [0.4, 0.5) is 0 Å². The number of nitrogens with zero attached hydrogens (tertiary/aromatic N) is 1. The summed E-state index contributed by atoms with van der Waals surface area (Å²) in [6.45, 7) is 0.902. The van der Waals surface area contributed by atoms with Crippen molar-refractivity contribution in [3.05, 3.63) is 35.4 Å². The first kappa shape index (κ1) is 12.7. The summed E-state index contributed by atoms with van der Waals surface area (Å²) in [6, 6.07) is 6.00. The number of benzene rings is 1. The standard InChI is InChI=1S/C13H19NO2/c1-14(2)10-12-9-11(5-4-8-15)6-7-13(12)16-3/h4-7,9,15H,8,10H2,1-3H3/b5-4+. The minimum atomic E-state index is 0.0645. The molecule has 3 heteroatoms. The van der Waals surface area contributed by atoms with Crippen LogP contribution in [0.15, 0.2) is 24.3 Å². The van der Waals surface area contributed by atoms with Crippen LogP contribution in [0.3, 0.4) is 0 Å². The van der Waals surface area contributed by atoms with Crippen LogP contribution in [0.5, 0.6) is 5.75 Å². The summed E-state index contributed by atoms with van der Waals surface area (Å²) in [6.07, 6.45) is 3.62. The van der Waals surface area contributed by atoms with Gasteiger partial charge in [-0.15, -0.1) is 0 Å². The maximum absolute atomic E-state index is 8.72. The van der Waals surface area contributed by atoms with Crippen molar-refractivity contribution in [3.63, 3.8) is 0 Å². The Hall–Kier alpha value is -1.32. The van der Waals surface area contributed by atoms with Gasteiger partial charge in [0, 0.05) is 12.1 Å². The fourth-order valence-electron chi connectivity index (χ4n) is 1.56. The SMILES string of the molecule is COc1ccc(/C=C/CO)cc1CN(C)C. The molecule has 0 saturated heterocycles. The summed E-state index contributed by atoms with van der Waals surface area (Å²) in [4.78, 5) is 2.09. The van der Waals surface area contributed by atoms with Crippen LogP contribution in [-0.4, -0.2) is 37.8 Å². The van der Waals surface area contributed by atoms with Gasteiger partial charge in [-0.05, 0) is 31.8 Å². The summed E-state index contributed by atoms with van der Waals surface area (Å²) >= 11 is 0. The fourth-order valence-corrected chi connectivity index (χ4v) is 1.56. The van der Waals surface area contributed by atoms with E-state index < -0.39 is 0 Å². The number of methoxy groups -OCH3 is 1. The lowest BCUT2D eigenvalue weighted by atomic mass is 10.1. The van der Waals surface area contributed by atoms with Crippen molar-refractivity contribution in [2.24, 2.45) is 0 Å². The van der Waals surface area contributed by atoms with Crippen LogP contribution in [0.25, 0.3) is 6.08 Å². The average Bonchev–Trinajstić information content (AvgIpc) is 2.26. The third-order valence-corrected chi connectivity index (χ3v) is 2.21. The topological polar surface area (TPSA) is 32.7 Å². The zero-order valence-electron chi connectivity index (χ0n) is 10.1. The summed E-state index contributed by atoms with van der Waals surface area (Å²) in [5, 5.41) is 8.72. The second kappa shape index (κ2) is 6.30. The van der Waals surface area contributed by atoms with E-state index in [-0.39, 0.29) is 6.61 Å². The van der Waals surface area contributed by atoms with Gasteiger partial charge in [-0.25, -0.2) is 0 Å². The Bertz CT molecular complexity index is 359. The third kappa shape index (κ3) is 3.68. The highest BCUT2D eigenvalue weighted by Gasteiger charge is 2.04. The first-order valence-corrected chi connectivity index (χ1v) is 5.26. The highest BCUT2D eigenvalue weighted by molar-refractivity contribution is 5.53. The van der Waals surface area contributed by atoms with Gasteiger partial charge in [0.2, 0.25) is 0 Å². The van der Waals surface area contributed by atoms with Crippen LogP contribution in [-0.2, 0) is 6.54 Å². The molecule has 0 aromatic heterocycles. The molecule has 1 N–H and O–H groups in total. The van der Waals surface area contributed by atoms with Crippen molar-refractivity contribution in [1.29, 1.82) is 0 Å². The van der Waals surface area contributed by atoms with Crippen LogP contribution in [0.1, 0.15) is 11.1 Å². The van der Waals surface area contributed by atoms with E-state index in [4.69, 9.17) is 9.84 Å². The van der Waals surface area contributed by atoms with Gasteiger partial charge in [-0.3, -0.25) is 0 Å². The van der Waals surface area contributed by atoms with E-state index in [9.17, 15) is 0 Å². The number of ether oxygens (including phenoxy) is 1. The molecule has 0 aliphatic carbocycles. The molecule has 0 saturated carbocycles. The van der Waals surface area contributed by atoms with Gasteiger partial charge in [-0.2, -0.15) is 0 Å². The van der Waals surface area contributed by atoms with Crippen LogP contribution < -0.4 is 4.74 Å². The average molecular weight is 221 g/mol. The lowest BCUT2D eigenvalue weighted by Gasteiger charge is -2.14. The van der Waals surface area contributed by atoms with E-state index in [0.717, 1.165) is 23.4 Å². The quantitative estimate of drug-likeness (QED) is 0.822. The molecule has 0 aliphatic heterocycles. The molecule has 0 radical (unpaired) electrons. The molecule has 0 aliphatic rings. The first-order chi connectivity index (χ1) is 7.67. The van der Waals surface area contributed by atoms with Gasteiger partial charge in [0.1, 0.15) is 5.75 Å². The van der Waals surface area contributed by atoms with Gasteiger partial charge in [0.15, 0.2) is 0 Å². The van der Waals surface area contributed by atoms with Crippen molar-refractivity contribution in [2.45, 2.75) is 6.54 Å².